The van der Waals surface area contributed by atoms with E-state index in [0.29, 0.717) is 46.7 Å². The van der Waals surface area contributed by atoms with Crippen molar-refractivity contribution < 1.29 is 15.0 Å². The Kier molecular flexibility index (Phi) is 6.10. The molecular weight excluding hydrogens is 408 g/mol. The molecule has 188 valence electrons. The van der Waals surface area contributed by atoms with Gasteiger partial charge in [-0.3, -0.25) is 4.79 Å². The Labute approximate surface area is 202 Å². The lowest BCUT2D eigenvalue weighted by molar-refractivity contribution is -0.201. The van der Waals surface area contributed by atoms with Gasteiger partial charge in [-0.05, 0) is 112 Å². The molecule has 4 aliphatic rings. The van der Waals surface area contributed by atoms with Gasteiger partial charge in [-0.2, -0.15) is 0 Å². The van der Waals surface area contributed by atoms with Crippen LogP contribution in [0.5, 0.6) is 0 Å². The van der Waals surface area contributed by atoms with E-state index in [4.69, 9.17) is 0 Å². The SMILES string of the molecule is C=C(CC[C@H](O)C(C)(C)O)[C@H]1CC[C@@]2(C)[C@H]1CC[C@@H]1[C@@]3(C)CCC(=O)C(C)(C)[C@H]3CC[C@]12C. The topological polar surface area (TPSA) is 57.5 Å². The maximum Gasteiger partial charge on any atom is 0.138 e. The van der Waals surface area contributed by atoms with Crippen molar-refractivity contribution in [3.63, 3.8) is 0 Å². The third-order valence-corrected chi connectivity index (χ3v) is 12.2. The van der Waals surface area contributed by atoms with Gasteiger partial charge in [0.15, 0.2) is 0 Å². The highest BCUT2D eigenvalue weighted by molar-refractivity contribution is 5.85. The molecule has 8 atom stereocenters. The average molecular weight is 459 g/mol. The molecule has 4 fully saturated rings. The predicted molar refractivity (Wildman–Crippen MR) is 135 cm³/mol. The first-order valence-electron chi connectivity index (χ1n) is 13.7. The molecule has 0 spiro atoms. The molecule has 3 heteroatoms. The highest BCUT2D eigenvalue weighted by Crippen LogP contribution is 2.75. The highest BCUT2D eigenvalue weighted by atomic mass is 16.3. The minimum absolute atomic E-state index is 0.181. The Bertz CT molecular complexity index is 806. The number of rotatable bonds is 5. The molecular formula is C30H50O3. The number of allylic oxidation sites excluding steroid dienone is 1. The van der Waals surface area contributed by atoms with Crippen LogP contribution in [0.1, 0.15) is 113 Å². The van der Waals surface area contributed by atoms with E-state index in [-0.39, 0.29) is 10.8 Å². The van der Waals surface area contributed by atoms with Gasteiger partial charge in [0.1, 0.15) is 5.78 Å². The van der Waals surface area contributed by atoms with Crippen LogP contribution in [0.4, 0.5) is 0 Å². The molecule has 0 aromatic heterocycles. The van der Waals surface area contributed by atoms with Crippen LogP contribution in [0.2, 0.25) is 0 Å². The Balaban J connectivity index is 1.55. The lowest BCUT2D eigenvalue weighted by Crippen LogP contribution is -2.63. The molecule has 0 bridgehead atoms. The molecule has 0 heterocycles. The van der Waals surface area contributed by atoms with Crippen LogP contribution in [0.25, 0.3) is 0 Å². The van der Waals surface area contributed by atoms with Crippen LogP contribution in [0.3, 0.4) is 0 Å². The fraction of sp³-hybridized carbons (Fsp3) is 0.900. The molecule has 0 amide bonds. The van der Waals surface area contributed by atoms with Crippen LogP contribution >= 0.6 is 0 Å². The minimum atomic E-state index is -1.06. The molecule has 2 N–H and O–H groups in total. The summed E-state index contributed by atoms with van der Waals surface area (Å²) in [6, 6.07) is 0. The number of fused-ring (bicyclic) bond motifs is 5. The lowest BCUT2D eigenvalue weighted by atomic mass is 9.35. The number of carbonyl (C=O) groups is 1. The Hall–Kier alpha value is -0.670. The predicted octanol–water partition coefficient (Wildman–Crippen LogP) is 6.71. The van der Waals surface area contributed by atoms with E-state index in [9.17, 15) is 15.0 Å². The van der Waals surface area contributed by atoms with Crippen molar-refractivity contribution in [2.45, 2.75) is 124 Å². The van der Waals surface area contributed by atoms with E-state index in [2.05, 4.69) is 41.2 Å². The molecule has 0 radical (unpaired) electrons. The fourth-order valence-corrected chi connectivity index (χ4v) is 9.89. The molecule has 0 unspecified atom stereocenters. The summed E-state index contributed by atoms with van der Waals surface area (Å²) in [6.45, 7) is 20.1. The van der Waals surface area contributed by atoms with Crippen molar-refractivity contribution in [2.75, 3.05) is 0 Å². The van der Waals surface area contributed by atoms with E-state index >= 15 is 0 Å². The number of Topliss-reactive ketones (excluding diaryl/α,β-unsaturated/α-hetero) is 1. The van der Waals surface area contributed by atoms with Crippen LogP contribution < -0.4 is 0 Å². The quantitative estimate of drug-likeness (QED) is 0.450. The monoisotopic (exact) mass is 458 g/mol. The van der Waals surface area contributed by atoms with Crippen LogP contribution in [0, 0.1) is 45.3 Å². The third kappa shape index (κ3) is 3.62. The van der Waals surface area contributed by atoms with Crippen molar-refractivity contribution in [1.29, 1.82) is 0 Å². The van der Waals surface area contributed by atoms with Crippen molar-refractivity contribution in [1.82, 2.24) is 0 Å². The van der Waals surface area contributed by atoms with Gasteiger partial charge in [0.05, 0.1) is 11.7 Å². The number of carbonyl (C=O) groups excluding carboxylic acids is 1. The minimum Gasteiger partial charge on any atom is -0.390 e. The number of aliphatic hydroxyl groups excluding tert-OH is 1. The van der Waals surface area contributed by atoms with E-state index in [1.54, 1.807) is 13.8 Å². The summed E-state index contributed by atoms with van der Waals surface area (Å²) in [7, 11) is 0. The summed E-state index contributed by atoms with van der Waals surface area (Å²) in [4.78, 5) is 12.8. The Morgan fingerprint density at radius 2 is 1.64 bits per heavy atom. The summed E-state index contributed by atoms with van der Waals surface area (Å²) in [5.41, 5.74) is 0.958. The van der Waals surface area contributed by atoms with Crippen LogP contribution in [-0.4, -0.2) is 27.7 Å². The first-order valence-corrected chi connectivity index (χ1v) is 13.7. The zero-order chi connectivity index (χ0) is 24.6. The highest BCUT2D eigenvalue weighted by Gasteiger charge is 2.68. The molecule has 0 saturated heterocycles. The molecule has 3 nitrogen and oxygen atoms in total. The lowest BCUT2D eigenvalue weighted by Gasteiger charge is -2.69. The second-order valence-corrected chi connectivity index (χ2v) is 14.3. The molecule has 4 rings (SSSR count). The van der Waals surface area contributed by atoms with Gasteiger partial charge in [0.25, 0.3) is 0 Å². The number of ketones is 1. The Morgan fingerprint density at radius 1 is 1.00 bits per heavy atom. The van der Waals surface area contributed by atoms with Gasteiger partial charge in [-0.25, -0.2) is 0 Å². The summed E-state index contributed by atoms with van der Waals surface area (Å²) >= 11 is 0. The van der Waals surface area contributed by atoms with E-state index in [1.807, 2.05) is 0 Å². The van der Waals surface area contributed by atoms with Crippen molar-refractivity contribution >= 4 is 5.78 Å². The van der Waals surface area contributed by atoms with Gasteiger partial charge >= 0.3 is 0 Å². The standard InChI is InChI=1S/C30H50O3/c1-19(9-12-25(32)27(4,5)33)20-13-17-29(7)21(20)10-11-23-28(6)16-15-24(31)26(2,3)22(28)14-18-30(23,29)8/h20-23,25,32-33H,1,9-18H2,2-8H3/t20-,21+,22-,23-,25+,28+,29+,30-/m1/s1. The van der Waals surface area contributed by atoms with Gasteiger partial charge < -0.3 is 10.2 Å². The molecule has 4 aliphatic carbocycles. The third-order valence-electron chi connectivity index (χ3n) is 12.2. The van der Waals surface area contributed by atoms with Gasteiger partial charge in [-0.15, -0.1) is 0 Å². The normalized spacial score (nSPS) is 45.7. The second kappa shape index (κ2) is 7.92. The van der Waals surface area contributed by atoms with Gasteiger partial charge in [0, 0.05) is 11.8 Å². The Morgan fingerprint density at radius 3 is 2.27 bits per heavy atom. The number of hydrogen-bond donors (Lipinski definition) is 2. The molecule has 33 heavy (non-hydrogen) atoms. The summed E-state index contributed by atoms with van der Waals surface area (Å²) in [6.07, 6.45) is 9.99. The molecule has 0 aliphatic heterocycles. The van der Waals surface area contributed by atoms with E-state index in [0.717, 1.165) is 19.3 Å². The smallest absolute Gasteiger partial charge is 0.138 e. The molecule has 0 aromatic rings. The van der Waals surface area contributed by atoms with Crippen molar-refractivity contribution in [3.8, 4) is 0 Å². The van der Waals surface area contributed by atoms with Gasteiger partial charge in [-0.1, -0.05) is 46.8 Å². The maximum absolute atomic E-state index is 12.8. The number of hydrogen-bond acceptors (Lipinski definition) is 3. The zero-order valence-corrected chi connectivity index (χ0v) is 22.5. The summed E-state index contributed by atoms with van der Waals surface area (Å²) in [5, 5.41) is 20.5. The zero-order valence-electron chi connectivity index (χ0n) is 22.5. The van der Waals surface area contributed by atoms with Crippen LogP contribution in [-0.2, 0) is 4.79 Å². The largest absolute Gasteiger partial charge is 0.390 e. The summed E-state index contributed by atoms with van der Waals surface area (Å²) < 4.78 is 0. The molecule has 0 aromatic carbocycles. The van der Waals surface area contributed by atoms with E-state index < -0.39 is 11.7 Å². The maximum atomic E-state index is 12.8. The fourth-order valence-electron chi connectivity index (χ4n) is 9.89. The van der Waals surface area contributed by atoms with Gasteiger partial charge in [0.2, 0.25) is 0 Å². The van der Waals surface area contributed by atoms with Crippen molar-refractivity contribution in [2.24, 2.45) is 45.3 Å². The van der Waals surface area contributed by atoms with Crippen LogP contribution in [0.15, 0.2) is 12.2 Å². The second-order valence-electron chi connectivity index (χ2n) is 14.3. The van der Waals surface area contributed by atoms with Crippen molar-refractivity contribution in [3.05, 3.63) is 12.2 Å². The molecule has 4 saturated carbocycles. The first-order chi connectivity index (χ1) is 15.1. The first kappa shape index (κ1) is 25.4. The summed E-state index contributed by atoms with van der Waals surface area (Å²) in [5.74, 6) is 2.90. The van der Waals surface area contributed by atoms with E-state index in [1.165, 1.54) is 44.1 Å². The average Bonchev–Trinajstić information content (AvgIpc) is 3.07. The number of aliphatic hydroxyl groups is 2.